The number of benzene rings is 2. The molecule has 2 fully saturated rings. The number of nitrogens with zero attached hydrogens (tertiary/aromatic N) is 3. The van der Waals surface area contributed by atoms with E-state index in [4.69, 9.17) is 0 Å². The van der Waals surface area contributed by atoms with E-state index in [2.05, 4.69) is 82.9 Å². The van der Waals surface area contributed by atoms with E-state index >= 15 is 0 Å². The first-order chi connectivity index (χ1) is 13.6. The molecule has 3 atom stereocenters. The quantitative estimate of drug-likeness (QED) is 0.725. The van der Waals surface area contributed by atoms with E-state index in [1.165, 1.54) is 28.8 Å². The Labute approximate surface area is 166 Å². The minimum absolute atomic E-state index is 0.163. The molecule has 3 heterocycles. The third-order valence-corrected chi connectivity index (χ3v) is 6.55. The maximum absolute atomic E-state index is 4.44. The third-order valence-electron chi connectivity index (χ3n) is 6.55. The van der Waals surface area contributed by atoms with Crippen molar-refractivity contribution >= 4 is 22.3 Å². The Hall–Kier alpha value is -2.66. The van der Waals surface area contributed by atoms with Crippen LogP contribution >= 0.6 is 0 Å². The van der Waals surface area contributed by atoms with Crippen LogP contribution in [0.25, 0.3) is 10.8 Å². The molecule has 5 heteroatoms. The monoisotopic (exact) mass is 373 g/mol. The van der Waals surface area contributed by atoms with Crippen LogP contribution < -0.4 is 15.5 Å². The lowest BCUT2D eigenvalue weighted by Gasteiger charge is -2.46. The predicted octanol–water partition coefficient (Wildman–Crippen LogP) is 3.97. The van der Waals surface area contributed by atoms with Crippen molar-refractivity contribution in [1.82, 2.24) is 15.5 Å². The van der Waals surface area contributed by atoms with Crippen LogP contribution in [0, 0.1) is 13.8 Å². The molecular formula is C23H27N5. The Morgan fingerprint density at radius 2 is 2.11 bits per heavy atom. The van der Waals surface area contributed by atoms with Crippen LogP contribution in [0.15, 0.2) is 42.6 Å². The zero-order valence-corrected chi connectivity index (χ0v) is 16.7. The lowest BCUT2D eigenvalue weighted by molar-refractivity contribution is 0.396. The number of rotatable bonds is 4. The van der Waals surface area contributed by atoms with Gasteiger partial charge in [0.15, 0.2) is 5.82 Å². The Kier molecular flexibility index (Phi) is 4.20. The van der Waals surface area contributed by atoms with Crippen molar-refractivity contribution in [2.45, 2.75) is 45.3 Å². The van der Waals surface area contributed by atoms with Gasteiger partial charge < -0.3 is 15.5 Å². The van der Waals surface area contributed by atoms with Gasteiger partial charge >= 0.3 is 0 Å². The SMILES string of the molecule is Cc1cccc([C@@H](C)Nc2nncc3ccc(N4C[C@H]5NCC[C@H]54)cc23)c1C. The highest BCUT2D eigenvalue weighted by molar-refractivity contribution is 5.93. The van der Waals surface area contributed by atoms with Gasteiger partial charge in [0.1, 0.15) is 0 Å². The lowest BCUT2D eigenvalue weighted by Crippen LogP contribution is -2.61. The minimum atomic E-state index is 0.163. The molecular weight excluding hydrogens is 346 g/mol. The van der Waals surface area contributed by atoms with Crippen molar-refractivity contribution in [2.24, 2.45) is 0 Å². The fourth-order valence-corrected chi connectivity index (χ4v) is 4.69. The highest BCUT2D eigenvalue weighted by Gasteiger charge is 2.41. The molecule has 0 saturated carbocycles. The van der Waals surface area contributed by atoms with Gasteiger partial charge in [-0.05, 0) is 62.6 Å². The molecule has 0 radical (unpaired) electrons. The van der Waals surface area contributed by atoms with Crippen LogP contribution in [-0.2, 0) is 0 Å². The predicted molar refractivity (Wildman–Crippen MR) is 115 cm³/mol. The number of aryl methyl sites for hydroxylation is 1. The molecule has 2 N–H and O–H groups in total. The van der Waals surface area contributed by atoms with Crippen molar-refractivity contribution in [3.8, 4) is 0 Å². The summed E-state index contributed by atoms with van der Waals surface area (Å²) in [4.78, 5) is 2.52. The largest absolute Gasteiger partial charge is 0.365 e. The van der Waals surface area contributed by atoms with Gasteiger partial charge in [-0.15, -0.1) is 5.10 Å². The summed E-state index contributed by atoms with van der Waals surface area (Å²) in [6, 6.07) is 14.6. The normalized spacial score (nSPS) is 22.0. The number of hydrogen-bond donors (Lipinski definition) is 2. The molecule has 2 saturated heterocycles. The van der Waals surface area contributed by atoms with Crippen molar-refractivity contribution in [1.29, 1.82) is 0 Å². The summed E-state index contributed by atoms with van der Waals surface area (Å²) >= 11 is 0. The lowest BCUT2D eigenvalue weighted by atomic mass is 9.96. The van der Waals surface area contributed by atoms with Crippen molar-refractivity contribution in [3.63, 3.8) is 0 Å². The fraction of sp³-hybridized carbons (Fsp3) is 0.391. The van der Waals surface area contributed by atoms with E-state index in [9.17, 15) is 0 Å². The second-order valence-corrected chi connectivity index (χ2v) is 8.19. The Bertz CT molecular complexity index is 1030. The molecule has 144 valence electrons. The van der Waals surface area contributed by atoms with Crippen LogP contribution in [0.1, 0.15) is 36.1 Å². The molecule has 2 aliphatic rings. The first-order valence-electron chi connectivity index (χ1n) is 10.2. The highest BCUT2D eigenvalue weighted by Crippen LogP contribution is 2.35. The maximum Gasteiger partial charge on any atom is 0.157 e. The summed E-state index contributed by atoms with van der Waals surface area (Å²) in [6.07, 6.45) is 3.08. The van der Waals surface area contributed by atoms with Crippen molar-refractivity contribution < 1.29 is 0 Å². The fourth-order valence-electron chi connectivity index (χ4n) is 4.69. The molecule has 0 bridgehead atoms. The van der Waals surface area contributed by atoms with E-state index in [0.29, 0.717) is 12.1 Å². The number of aromatic nitrogens is 2. The number of fused-ring (bicyclic) bond motifs is 2. The van der Waals surface area contributed by atoms with Crippen LogP contribution in [0.4, 0.5) is 11.5 Å². The van der Waals surface area contributed by atoms with Gasteiger partial charge in [0.2, 0.25) is 0 Å². The van der Waals surface area contributed by atoms with E-state index < -0.39 is 0 Å². The zero-order chi connectivity index (χ0) is 19.3. The smallest absolute Gasteiger partial charge is 0.157 e. The summed E-state index contributed by atoms with van der Waals surface area (Å²) < 4.78 is 0. The molecule has 5 nitrogen and oxygen atoms in total. The molecule has 2 aromatic carbocycles. The molecule has 2 aliphatic heterocycles. The molecule has 0 unspecified atom stereocenters. The van der Waals surface area contributed by atoms with Gasteiger partial charge in [0.25, 0.3) is 0 Å². The molecule has 28 heavy (non-hydrogen) atoms. The van der Waals surface area contributed by atoms with E-state index in [-0.39, 0.29) is 6.04 Å². The van der Waals surface area contributed by atoms with Gasteiger partial charge in [0, 0.05) is 35.1 Å². The topological polar surface area (TPSA) is 53.1 Å². The van der Waals surface area contributed by atoms with Gasteiger partial charge in [-0.25, -0.2) is 0 Å². The summed E-state index contributed by atoms with van der Waals surface area (Å²) in [5.41, 5.74) is 5.23. The first-order valence-corrected chi connectivity index (χ1v) is 10.2. The Morgan fingerprint density at radius 3 is 2.96 bits per heavy atom. The standard InChI is InChI=1S/C23H27N5/c1-14-5-4-6-19(15(14)2)16(3)26-23-20-11-18(8-7-17(20)12-25-27-23)28-13-21-22(28)9-10-24-21/h4-8,11-12,16,21-22,24H,9-10,13H2,1-3H3,(H,26,27)/t16-,21-,22-/m1/s1. The molecule has 0 amide bonds. The first kappa shape index (κ1) is 17.4. The summed E-state index contributed by atoms with van der Waals surface area (Å²) in [6.45, 7) is 8.76. The summed E-state index contributed by atoms with van der Waals surface area (Å²) in [5.74, 6) is 0.856. The molecule has 1 aromatic heterocycles. The summed E-state index contributed by atoms with van der Waals surface area (Å²) in [7, 11) is 0. The van der Waals surface area contributed by atoms with Crippen LogP contribution in [0.5, 0.6) is 0 Å². The van der Waals surface area contributed by atoms with E-state index in [0.717, 1.165) is 29.7 Å². The minimum Gasteiger partial charge on any atom is -0.365 e. The number of hydrogen-bond acceptors (Lipinski definition) is 5. The van der Waals surface area contributed by atoms with Gasteiger partial charge in [-0.2, -0.15) is 5.10 Å². The molecule has 0 spiro atoms. The second-order valence-electron chi connectivity index (χ2n) is 8.19. The van der Waals surface area contributed by atoms with Crippen LogP contribution in [0.2, 0.25) is 0 Å². The number of anilines is 2. The van der Waals surface area contributed by atoms with Crippen LogP contribution in [-0.4, -0.2) is 35.4 Å². The van der Waals surface area contributed by atoms with Crippen molar-refractivity contribution in [3.05, 3.63) is 59.3 Å². The average molecular weight is 374 g/mol. The van der Waals surface area contributed by atoms with E-state index in [1.54, 1.807) is 0 Å². The van der Waals surface area contributed by atoms with Gasteiger partial charge in [-0.1, -0.05) is 24.3 Å². The van der Waals surface area contributed by atoms with Gasteiger partial charge in [-0.3, -0.25) is 0 Å². The molecule has 3 aromatic rings. The number of nitrogens with one attached hydrogen (secondary N) is 2. The zero-order valence-electron chi connectivity index (χ0n) is 16.7. The maximum atomic E-state index is 4.44. The molecule has 5 rings (SSSR count). The van der Waals surface area contributed by atoms with Crippen molar-refractivity contribution in [2.75, 3.05) is 23.3 Å². The van der Waals surface area contributed by atoms with Gasteiger partial charge in [0.05, 0.1) is 12.2 Å². The third kappa shape index (κ3) is 2.81. The Balaban J connectivity index is 1.47. The van der Waals surface area contributed by atoms with Crippen LogP contribution in [0.3, 0.4) is 0 Å². The average Bonchev–Trinajstić information content (AvgIpc) is 3.05. The molecule has 0 aliphatic carbocycles. The Morgan fingerprint density at radius 1 is 1.21 bits per heavy atom. The highest BCUT2D eigenvalue weighted by atomic mass is 15.3. The second kappa shape index (κ2) is 6.74. The van der Waals surface area contributed by atoms with E-state index in [1.807, 2.05) is 6.20 Å². The summed E-state index contributed by atoms with van der Waals surface area (Å²) in [5, 5.41) is 18.1.